The normalized spacial score (nSPS) is 10.4. The molecule has 0 radical (unpaired) electrons. The fourth-order valence-electron chi connectivity index (χ4n) is 1.42. The molecule has 2 aromatic rings. The van der Waals surface area contributed by atoms with Gasteiger partial charge < -0.3 is 11.1 Å². The third-order valence-corrected chi connectivity index (χ3v) is 2.92. The fourth-order valence-corrected chi connectivity index (χ4v) is 1.78. The van der Waals surface area contributed by atoms with Crippen LogP contribution in [0.25, 0.3) is 0 Å². The largest absolute Gasteiger partial charge is 0.397 e. The van der Waals surface area contributed by atoms with Gasteiger partial charge in [0.25, 0.3) is 0 Å². The highest BCUT2D eigenvalue weighted by molar-refractivity contribution is 9.10. The number of nitrogens with one attached hydrogen (secondary N) is 1. The summed E-state index contributed by atoms with van der Waals surface area (Å²) in [6, 6.07) is 5.80. The van der Waals surface area contributed by atoms with Crippen LogP contribution < -0.4 is 11.1 Å². The molecule has 18 heavy (non-hydrogen) atoms. The summed E-state index contributed by atoms with van der Waals surface area (Å²) in [5.41, 5.74) is 5.53. The van der Waals surface area contributed by atoms with Crippen LogP contribution in [0.3, 0.4) is 0 Å². The van der Waals surface area contributed by atoms with Crippen molar-refractivity contribution < 1.29 is 13.2 Å². The van der Waals surface area contributed by atoms with Crippen molar-refractivity contribution in [3.8, 4) is 0 Å². The lowest BCUT2D eigenvalue weighted by atomic mass is 10.2. The molecule has 0 aliphatic heterocycles. The van der Waals surface area contributed by atoms with Gasteiger partial charge in [0.1, 0.15) is 23.1 Å². The van der Waals surface area contributed by atoms with Gasteiger partial charge in [0.2, 0.25) is 0 Å². The Balaban J connectivity index is 2.43. The average molecular weight is 317 g/mol. The van der Waals surface area contributed by atoms with Crippen LogP contribution in [-0.2, 0) is 0 Å². The molecule has 2 aromatic carbocycles. The molecule has 6 heteroatoms. The Labute approximate surface area is 110 Å². The Bertz CT molecular complexity index is 582. The van der Waals surface area contributed by atoms with Gasteiger partial charge in [0.15, 0.2) is 0 Å². The van der Waals surface area contributed by atoms with Gasteiger partial charge in [-0.05, 0) is 34.1 Å². The van der Waals surface area contributed by atoms with Gasteiger partial charge in [0, 0.05) is 6.07 Å². The van der Waals surface area contributed by atoms with E-state index in [1.165, 1.54) is 12.1 Å². The highest BCUT2D eigenvalue weighted by Gasteiger charge is 2.12. The minimum Gasteiger partial charge on any atom is -0.397 e. The van der Waals surface area contributed by atoms with E-state index in [1.54, 1.807) is 0 Å². The van der Waals surface area contributed by atoms with E-state index in [1.807, 2.05) is 0 Å². The van der Waals surface area contributed by atoms with E-state index in [-0.39, 0.29) is 21.5 Å². The second-order valence-corrected chi connectivity index (χ2v) is 4.43. The van der Waals surface area contributed by atoms with Crippen molar-refractivity contribution in [2.24, 2.45) is 0 Å². The highest BCUT2D eigenvalue weighted by atomic mass is 79.9. The van der Waals surface area contributed by atoms with E-state index < -0.39 is 17.5 Å². The van der Waals surface area contributed by atoms with Gasteiger partial charge in [-0.15, -0.1) is 0 Å². The van der Waals surface area contributed by atoms with Crippen molar-refractivity contribution in [1.29, 1.82) is 0 Å². The molecular weight excluding hydrogens is 309 g/mol. The molecule has 94 valence electrons. The maximum Gasteiger partial charge on any atom is 0.149 e. The van der Waals surface area contributed by atoms with E-state index >= 15 is 0 Å². The lowest BCUT2D eigenvalue weighted by Crippen LogP contribution is -2.01. The first-order valence-corrected chi connectivity index (χ1v) is 5.74. The second-order valence-electron chi connectivity index (χ2n) is 3.58. The zero-order valence-electron chi connectivity index (χ0n) is 8.98. The van der Waals surface area contributed by atoms with Crippen LogP contribution in [0.2, 0.25) is 0 Å². The van der Waals surface area contributed by atoms with Crippen LogP contribution in [0.15, 0.2) is 34.8 Å². The van der Waals surface area contributed by atoms with E-state index in [4.69, 9.17) is 5.73 Å². The third kappa shape index (κ3) is 2.43. The zero-order valence-corrected chi connectivity index (χ0v) is 10.6. The summed E-state index contributed by atoms with van der Waals surface area (Å²) < 4.78 is 40.3. The van der Waals surface area contributed by atoms with Crippen molar-refractivity contribution in [3.63, 3.8) is 0 Å². The molecule has 0 atom stereocenters. The topological polar surface area (TPSA) is 38.0 Å². The molecule has 0 saturated carbocycles. The summed E-state index contributed by atoms with van der Waals surface area (Å²) in [4.78, 5) is 0. The molecule has 0 fully saturated rings. The van der Waals surface area contributed by atoms with Crippen LogP contribution >= 0.6 is 15.9 Å². The molecule has 2 nitrogen and oxygen atoms in total. The molecule has 0 aromatic heterocycles. The number of para-hydroxylation sites is 1. The lowest BCUT2D eigenvalue weighted by molar-refractivity contribution is 0.590. The number of nitrogens with two attached hydrogens (primary N) is 1. The van der Waals surface area contributed by atoms with Gasteiger partial charge in [-0.2, -0.15) is 0 Å². The van der Waals surface area contributed by atoms with Gasteiger partial charge in [-0.1, -0.05) is 6.07 Å². The van der Waals surface area contributed by atoms with Gasteiger partial charge in [-0.3, -0.25) is 0 Å². The number of rotatable bonds is 2. The molecule has 0 spiro atoms. The van der Waals surface area contributed by atoms with Crippen molar-refractivity contribution >= 4 is 33.0 Å². The second kappa shape index (κ2) is 4.89. The molecule has 0 aliphatic carbocycles. The minimum absolute atomic E-state index is 0.0969. The van der Waals surface area contributed by atoms with Crippen LogP contribution in [0, 0.1) is 17.5 Å². The van der Waals surface area contributed by atoms with Gasteiger partial charge in [0.05, 0.1) is 15.8 Å². The number of halogens is 4. The fraction of sp³-hybridized carbons (Fsp3) is 0. The standard InChI is InChI=1S/C12H8BrF3N2/c13-6-4-10(17)11(5-9(6)16)18-12-7(14)2-1-3-8(12)15/h1-5,18H,17H2. The SMILES string of the molecule is Nc1cc(Br)c(F)cc1Nc1c(F)cccc1F. The molecule has 3 N–H and O–H groups in total. The van der Waals surface area contributed by atoms with Crippen LogP contribution in [0.5, 0.6) is 0 Å². The smallest absolute Gasteiger partial charge is 0.149 e. The quantitative estimate of drug-likeness (QED) is 0.815. The number of anilines is 3. The summed E-state index contributed by atoms with van der Waals surface area (Å²) in [7, 11) is 0. The number of nitrogen functional groups attached to an aromatic ring is 1. The zero-order chi connectivity index (χ0) is 13.3. The summed E-state index contributed by atoms with van der Waals surface area (Å²) in [6.45, 7) is 0. The van der Waals surface area contributed by atoms with E-state index in [0.29, 0.717) is 0 Å². The average Bonchev–Trinajstić information content (AvgIpc) is 2.30. The maximum absolute atomic E-state index is 13.4. The first-order chi connectivity index (χ1) is 8.49. The summed E-state index contributed by atoms with van der Waals surface area (Å²) in [5, 5.41) is 2.44. The predicted molar refractivity (Wildman–Crippen MR) is 68.2 cm³/mol. The lowest BCUT2D eigenvalue weighted by Gasteiger charge is -2.11. The number of hydrogen-bond acceptors (Lipinski definition) is 2. The molecule has 0 unspecified atom stereocenters. The minimum atomic E-state index is -0.780. The Morgan fingerprint density at radius 1 is 1.00 bits per heavy atom. The Hall–Kier alpha value is -1.69. The molecule has 0 bridgehead atoms. The Morgan fingerprint density at radius 3 is 2.22 bits per heavy atom. The molecule has 0 heterocycles. The number of hydrogen-bond donors (Lipinski definition) is 2. The molecule has 0 amide bonds. The first-order valence-electron chi connectivity index (χ1n) is 4.94. The summed E-state index contributed by atoms with van der Waals surface area (Å²) in [6.07, 6.45) is 0. The van der Waals surface area contributed by atoms with E-state index in [9.17, 15) is 13.2 Å². The Kier molecular flexibility index (Phi) is 3.47. The summed E-state index contributed by atoms with van der Waals surface area (Å²) >= 11 is 2.96. The Morgan fingerprint density at radius 2 is 1.61 bits per heavy atom. The monoisotopic (exact) mass is 316 g/mol. The van der Waals surface area contributed by atoms with Crippen LogP contribution in [-0.4, -0.2) is 0 Å². The van der Waals surface area contributed by atoms with Gasteiger partial charge >= 0.3 is 0 Å². The van der Waals surface area contributed by atoms with Crippen LogP contribution in [0.4, 0.5) is 30.2 Å². The third-order valence-electron chi connectivity index (χ3n) is 2.31. The summed E-state index contributed by atoms with van der Waals surface area (Å²) in [5.74, 6) is -2.14. The predicted octanol–water partition coefficient (Wildman–Crippen LogP) is 4.19. The first kappa shape index (κ1) is 12.8. The van der Waals surface area contributed by atoms with E-state index in [2.05, 4.69) is 21.2 Å². The van der Waals surface area contributed by atoms with E-state index in [0.717, 1.165) is 18.2 Å². The molecular formula is C12H8BrF3N2. The van der Waals surface area contributed by atoms with Crippen molar-refractivity contribution in [2.75, 3.05) is 11.1 Å². The molecule has 2 rings (SSSR count). The number of benzene rings is 2. The maximum atomic E-state index is 13.4. The molecule has 0 aliphatic rings. The van der Waals surface area contributed by atoms with Gasteiger partial charge in [-0.25, -0.2) is 13.2 Å². The highest BCUT2D eigenvalue weighted by Crippen LogP contribution is 2.30. The van der Waals surface area contributed by atoms with Crippen LogP contribution in [0.1, 0.15) is 0 Å². The van der Waals surface area contributed by atoms with Crippen molar-refractivity contribution in [3.05, 3.63) is 52.3 Å². The molecule has 0 saturated heterocycles. The van der Waals surface area contributed by atoms with Crippen molar-refractivity contribution in [1.82, 2.24) is 0 Å². The van der Waals surface area contributed by atoms with Crippen molar-refractivity contribution in [2.45, 2.75) is 0 Å².